The Labute approximate surface area is 121 Å². The lowest BCUT2D eigenvalue weighted by molar-refractivity contribution is 0.1000. The zero-order valence-corrected chi connectivity index (χ0v) is 11.4. The van der Waals surface area contributed by atoms with E-state index in [2.05, 4.69) is 5.32 Å². The van der Waals surface area contributed by atoms with Gasteiger partial charge >= 0.3 is 0 Å². The van der Waals surface area contributed by atoms with Crippen LogP contribution in [0.25, 0.3) is 0 Å². The van der Waals surface area contributed by atoms with E-state index in [1.807, 2.05) is 0 Å². The lowest BCUT2D eigenvalue weighted by Crippen LogP contribution is -2.18. The molecule has 0 radical (unpaired) electrons. The van der Waals surface area contributed by atoms with Gasteiger partial charge in [0, 0.05) is 17.7 Å². The predicted molar refractivity (Wildman–Crippen MR) is 76.7 cm³/mol. The summed E-state index contributed by atoms with van der Waals surface area (Å²) in [7, 11) is 0. The van der Waals surface area contributed by atoms with Gasteiger partial charge in [0.05, 0.1) is 0 Å². The van der Waals surface area contributed by atoms with Gasteiger partial charge in [-0.2, -0.15) is 0 Å². The number of benzene rings is 2. The Morgan fingerprint density at radius 1 is 1.05 bits per heavy atom. The molecule has 2 aromatic carbocycles. The highest BCUT2D eigenvalue weighted by Crippen LogP contribution is 2.10. The molecule has 0 bridgehead atoms. The molecule has 0 aliphatic carbocycles. The molecule has 21 heavy (non-hydrogen) atoms. The minimum atomic E-state index is -0.659. The Hall–Kier alpha value is -2.27. The van der Waals surface area contributed by atoms with Crippen molar-refractivity contribution in [2.75, 3.05) is 6.54 Å². The fourth-order valence-corrected chi connectivity index (χ4v) is 1.99. The second-order valence-electron chi connectivity index (χ2n) is 4.69. The van der Waals surface area contributed by atoms with Crippen LogP contribution in [0.15, 0.2) is 42.5 Å². The molecule has 0 heterocycles. The van der Waals surface area contributed by atoms with E-state index >= 15 is 0 Å². The Kier molecular flexibility index (Phi) is 5.00. The smallest absolute Gasteiger partial charge is 0.248 e. The fourth-order valence-electron chi connectivity index (χ4n) is 1.99. The second-order valence-corrected chi connectivity index (χ2v) is 4.69. The molecule has 0 unspecified atom stereocenters. The molecule has 3 N–H and O–H groups in total. The number of primary amides is 1. The number of rotatable bonds is 6. The molecule has 0 atom stereocenters. The molecule has 0 saturated heterocycles. The molecule has 5 heteroatoms. The molecule has 2 aromatic rings. The van der Waals surface area contributed by atoms with Crippen LogP contribution in [0.2, 0.25) is 0 Å². The van der Waals surface area contributed by atoms with Crippen LogP contribution < -0.4 is 11.1 Å². The highest BCUT2D eigenvalue weighted by atomic mass is 19.1. The summed E-state index contributed by atoms with van der Waals surface area (Å²) >= 11 is 0. The van der Waals surface area contributed by atoms with Crippen LogP contribution >= 0.6 is 0 Å². The predicted octanol–water partition coefficient (Wildman–Crippen LogP) is 2.40. The monoisotopic (exact) mass is 290 g/mol. The van der Waals surface area contributed by atoms with Crippen LogP contribution in [0.4, 0.5) is 8.78 Å². The van der Waals surface area contributed by atoms with Crippen molar-refractivity contribution in [3.8, 4) is 0 Å². The highest BCUT2D eigenvalue weighted by molar-refractivity contribution is 5.92. The second kappa shape index (κ2) is 6.95. The molecule has 110 valence electrons. The maximum atomic E-state index is 13.7. The third kappa shape index (κ3) is 4.10. The standard InChI is InChI=1S/C16H16F2N2O/c17-14-4-2-1-3-11(14)7-8-20-10-13-6-5-12(16(19)21)9-15(13)18/h1-6,9,20H,7-8,10H2,(H2,19,21). The first-order valence-corrected chi connectivity index (χ1v) is 6.60. The average Bonchev–Trinajstić information content (AvgIpc) is 2.46. The number of nitrogens with two attached hydrogens (primary N) is 1. The van der Waals surface area contributed by atoms with Crippen LogP contribution in [-0.4, -0.2) is 12.5 Å². The quantitative estimate of drug-likeness (QED) is 0.803. The number of amides is 1. The molecule has 0 aliphatic heterocycles. The van der Waals surface area contributed by atoms with Crippen molar-refractivity contribution in [1.82, 2.24) is 5.32 Å². The van der Waals surface area contributed by atoms with Gasteiger partial charge in [-0.25, -0.2) is 8.78 Å². The number of nitrogens with one attached hydrogen (secondary N) is 1. The molecule has 0 saturated carbocycles. The van der Waals surface area contributed by atoms with Gasteiger partial charge in [-0.05, 0) is 36.7 Å². The van der Waals surface area contributed by atoms with Crippen molar-refractivity contribution in [2.24, 2.45) is 5.73 Å². The summed E-state index contributed by atoms with van der Waals surface area (Å²) in [6.45, 7) is 0.831. The molecule has 0 aliphatic rings. The van der Waals surface area contributed by atoms with Gasteiger partial charge in [-0.3, -0.25) is 4.79 Å². The first kappa shape index (κ1) is 15.1. The highest BCUT2D eigenvalue weighted by Gasteiger charge is 2.07. The normalized spacial score (nSPS) is 10.6. The third-order valence-electron chi connectivity index (χ3n) is 3.18. The number of carbonyl (C=O) groups excluding carboxylic acids is 1. The number of carbonyl (C=O) groups is 1. The maximum Gasteiger partial charge on any atom is 0.248 e. The molecule has 2 rings (SSSR count). The minimum Gasteiger partial charge on any atom is -0.366 e. The summed E-state index contributed by atoms with van der Waals surface area (Å²) < 4.78 is 27.1. The third-order valence-corrected chi connectivity index (χ3v) is 3.18. The van der Waals surface area contributed by atoms with E-state index in [4.69, 9.17) is 5.73 Å². The van der Waals surface area contributed by atoms with E-state index < -0.39 is 11.7 Å². The Morgan fingerprint density at radius 2 is 1.81 bits per heavy atom. The van der Waals surface area contributed by atoms with E-state index in [1.165, 1.54) is 18.2 Å². The molecule has 0 spiro atoms. The van der Waals surface area contributed by atoms with E-state index in [0.717, 1.165) is 6.07 Å². The van der Waals surface area contributed by atoms with E-state index in [-0.39, 0.29) is 11.4 Å². The van der Waals surface area contributed by atoms with Crippen LogP contribution in [-0.2, 0) is 13.0 Å². The van der Waals surface area contributed by atoms with Crippen LogP contribution in [0.3, 0.4) is 0 Å². The zero-order chi connectivity index (χ0) is 15.2. The number of hydrogen-bond donors (Lipinski definition) is 2. The summed E-state index contributed by atoms with van der Waals surface area (Å²) in [6, 6.07) is 10.7. The average molecular weight is 290 g/mol. The minimum absolute atomic E-state index is 0.141. The van der Waals surface area contributed by atoms with Crippen LogP contribution in [0.5, 0.6) is 0 Å². The van der Waals surface area contributed by atoms with Crippen LogP contribution in [0, 0.1) is 11.6 Å². The first-order chi connectivity index (χ1) is 10.1. The number of halogens is 2. The summed E-state index contributed by atoms with van der Waals surface area (Å²) in [5.74, 6) is -1.38. The van der Waals surface area contributed by atoms with Gasteiger partial charge in [0.1, 0.15) is 11.6 Å². The Bertz CT molecular complexity index is 644. The molecular weight excluding hydrogens is 274 g/mol. The topological polar surface area (TPSA) is 55.1 Å². The van der Waals surface area contributed by atoms with E-state index in [1.54, 1.807) is 18.2 Å². The van der Waals surface area contributed by atoms with Crippen LogP contribution in [0.1, 0.15) is 21.5 Å². The van der Waals surface area contributed by atoms with E-state index in [0.29, 0.717) is 30.6 Å². The van der Waals surface area contributed by atoms with Gasteiger partial charge in [-0.1, -0.05) is 24.3 Å². The maximum absolute atomic E-state index is 13.7. The molecule has 0 aromatic heterocycles. The Balaban J connectivity index is 1.87. The number of hydrogen-bond acceptors (Lipinski definition) is 2. The summed E-state index contributed by atoms with van der Waals surface area (Å²) in [5.41, 5.74) is 6.28. The first-order valence-electron chi connectivity index (χ1n) is 6.60. The largest absolute Gasteiger partial charge is 0.366 e. The fraction of sp³-hybridized carbons (Fsp3) is 0.188. The van der Waals surface area contributed by atoms with Gasteiger partial charge in [-0.15, -0.1) is 0 Å². The van der Waals surface area contributed by atoms with Crippen molar-refractivity contribution in [2.45, 2.75) is 13.0 Å². The van der Waals surface area contributed by atoms with Crippen molar-refractivity contribution >= 4 is 5.91 Å². The molecule has 3 nitrogen and oxygen atoms in total. The van der Waals surface area contributed by atoms with Crippen molar-refractivity contribution < 1.29 is 13.6 Å². The van der Waals surface area contributed by atoms with Crippen molar-refractivity contribution in [3.63, 3.8) is 0 Å². The van der Waals surface area contributed by atoms with Gasteiger partial charge < -0.3 is 11.1 Å². The van der Waals surface area contributed by atoms with Crippen molar-refractivity contribution in [1.29, 1.82) is 0 Å². The lowest BCUT2D eigenvalue weighted by atomic mass is 10.1. The van der Waals surface area contributed by atoms with Gasteiger partial charge in [0.25, 0.3) is 0 Å². The van der Waals surface area contributed by atoms with E-state index in [9.17, 15) is 13.6 Å². The molecule has 1 amide bonds. The molecule has 0 fully saturated rings. The molecular formula is C16H16F2N2O. The summed E-state index contributed by atoms with van der Waals surface area (Å²) in [6.07, 6.45) is 0.521. The van der Waals surface area contributed by atoms with Gasteiger partial charge in [0.15, 0.2) is 0 Å². The Morgan fingerprint density at radius 3 is 2.48 bits per heavy atom. The SMILES string of the molecule is NC(=O)c1ccc(CNCCc2ccccc2F)c(F)c1. The summed E-state index contributed by atoms with van der Waals surface area (Å²) in [4.78, 5) is 10.9. The van der Waals surface area contributed by atoms with Gasteiger partial charge in [0.2, 0.25) is 5.91 Å². The zero-order valence-electron chi connectivity index (χ0n) is 11.4. The summed E-state index contributed by atoms with van der Waals surface area (Å²) in [5, 5.41) is 3.04. The van der Waals surface area contributed by atoms with Crippen molar-refractivity contribution in [3.05, 3.63) is 70.8 Å². The lowest BCUT2D eigenvalue weighted by Gasteiger charge is -2.07.